The number of ether oxygens (including phenoxy) is 1. The number of rotatable bonds is 8. The Kier molecular flexibility index (Phi) is 5.32. The Bertz CT molecular complexity index is 277. The molecular formula is C9H18ClNO3S. The molecule has 0 saturated heterocycles. The minimum Gasteiger partial charge on any atom is -0.383 e. The van der Waals surface area contributed by atoms with Crippen LogP contribution >= 0.6 is 11.6 Å². The third kappa shape index (κ3) is 4.26. The Morgan fingerprint density at radius 1 is 1.47 bits per heavy atom. The Balaban J connectivity index is 2.52. The van der Waals surface area contributed by atoms with Gasteiger partial charge >= 0.3 is 0 Å². The molecule has 15 heavy (non-hydrogen) atoms. The van der Waals surface area contributed by atoms with Crippen LogP contribution < -0.4 is 0 Å². The van der Waals surface area contributed by atoms with E-state index in [0.29, 0.717) is 25.5 Å². The van der Waals surface area contributed by atoms with E-state index >= 15 is 0 Å². The lowest BCUT2D eigenvalue weighted by Gasteiger charge is -2.21. The van der Waals surface area contributed by atoms with Gasteiger partial charge in [0.2, 0.25) is 10.0 Å². The summed E-state index contributed by atoms with van der Waals surface area (Å²) in [6, 6.07) is 0.209. The molecule has 0 N–H and O–H groups in total. The number of hydrogen-bond donors (Lipinski definition) is 0. The lowest BCUT2D eigenvalue weighted by atomic mass is 10.6. The summed E-state index contributed by atoms with van der Waals surface area (Å²) in [7, 11) is -1.54. The first-order valence-electron chi connectivity index (χ1n) is 5.16. The van der Waals surface area contributed by atoms with Crippen molar-refractivity contribution in [2.45, 2.75) is 25.3 Å². The van der Waals surface area contributed by atoms with Crippen molar-refractivity contribution >= 4 is 21.6 Å². The molecule has 0 unspecified atom stereocenters. The molecule has 0 spiro atoms. The fourth-order valence-corrected chi connectivity index (χ4v) is 3.50. The van der Waals surface area contributed by atoms with Crippen LogP contribution in [-0.2, 0) is 14.8 Å². The third-order valence-electron chi connectivity index (χ3n) is 2.36. The first-order valence-corrected chi connectivity index (χ1v) is 7.30. The highest BCUT2D eigenvalue weighted by atomic mass is 35.5. The Morgan fingerprint density at radius 3 is 2.60 bits per heavy atom. The van der Waals surface area contributed by atoms with Gasteiger partial charge in [-0.05, 0) is 19.3 Å². The summed E-state index contributed by atoms with van der Waals surface area (Å²) in [5.41, 5.74) is 0. The summed E-state index contributed by atoms with van der Waals surface area (Å²) in [4.78, 5) is 0. The van der Waals surface area contributed by atoms with E-state index in [-0.39, 0.29) is 11.8 Å². The van der Waals surface area contributed by atoms with Crippen molar-refractivity contribution in [3.05, 3.63) is 0 Å². The first kappa shape index (κ1) is 13.2. The van der Waals surface area contributed by atoms with Crippen LogP contribution in [0.5, 0.6) is 0 Å². The number of methoxy groups -OCH3 is 1. The van der Waals surface area contributed by atoms with E-state index in [1.165, 1.54) is 0 Å². The molecule has 1 rings (SSSR count). The van der Waals surface area contributed by atoms with Gasteiger partial charge in [0.25, 0.3) is 0 Å². The molecule has 1 fully saturated rings. The summed E-state index contributed by atoms with van der Waals surface area (Å²) in [6.45, 7) is 0.919. The lowest BCUT2D eigenvalue weighted by Crippen LogP contribution is -2.37. The molecule has 0 atom stereocenters. The summed E-state index contributed by atoms with van der Waals surface area (Å²) in [5.74, 6) is 0.540. The fraction of sp³-hybridized carbons (Fsp3) is 1.00. The van der Waals surface area contributed by atoms with Crippen LogP contribution in [0.15, 0.2) is 0 Å². The maximum absolute atomic E-state index is 11.9. The molecule has 0 amide bonds. The lowest BCUT2D eigenvalue weighted by molar-refractivity contribution is 0.177. The summed E-state index contributed by atoms with van der Waals surface area (Å²) >= 11 is 5.50. The standard InChI is InChI=1S/C9H18ClNO3S/c1-14-7-6-11(9-3-4-9)15(12,13)8-2-5-10/h9H,2-8H2,1H3. The van der Waals surface area contributed by atoms with Crippen LogP contribution in [0.1, 0.15) is 19.3 Å². The zero-order valence-corrected chi connectivity index (χ0v) is 10.6. The van der Waals surface area contributed by atoms with Crippen molar-refractivity contribution in [1.82, 2.24) is 4.31 Å². The maximum atomic E-state index is 11.9. The summed E-state index contributed by atoms with van der Waals surface area (Å²) in [5, 5.41) is 0. The normalized spacial score (nSPS) is 17.3. The Labute approximate surface area is 96.6 Å². The van der Waals surface area contributed by atoms with E-state index in [1.54, 1.807) is 11.4 Å². The van der Waals surface area contributed by atoms with Gasteiger partial charge < -0.3 is 4.74 Å². The monoisotopic (exact) mass is 255 g/mol. The average molecular weight is 256 g/mol. The van der Waals surface area contributed by atoms with Crippen LogP contribution in [0, 0.1) is 0 Å². The van der Waals surface area contributed by atoms with Crippen molar-refractivity contribution < 1.29 is 13.2 Å². The van der Waals surface area contributed by atoms with Crippen LogP contribution in [0.3, 0.4) is 0 Å². The second-order valence-electron chi connectivity index (χ2n) is 3.69. The molecule has 0 radical (unpaired) electrons. The van der Waals surface area contributed by atoms with Crippen molar-refractivity contribution in [2.24, 2.45) is 0 Å². The third-order valence-corrected chi connectivity index (χ3v) is 4.63. The molecule has 1 aliphatic carbocycles. The average Bonchev–Trinajstić information content (AvgIpc) is 2.99. The number of hydrogen-bond acceptors (Lipinski definition) is 3. The number of sulfonamides is 1. The zero-order valence-electron chi connectivity index (χ0n) is 8.99. The molecular weight excluding hydrogens is 238 g/mol. The predicted octanol–water partition coefficient (Wildman–Crippen LogP) is 1.06. The number of alkyl halides is 1. The Hall–Kier alpha value is 0.160. The van der Waals surface area contributed by atoms with Crippen molar-refractivity contribution in [1.29, 1.82) is 0 Å². The highest BCUT2D eigenvalue weighted by Gasteiger charge is 2.36. The molecule has 4 nitrogen and oxygen atoms in total. The van der Waals surface area contributed by atoms with Crippen molar-refractivity contribution in [2.75, 3.05) is 31.9 Å². The van der Waals surface area contributed by atoms with Crippen LogP contribution in [0.2, 0.25) is 0 Å². The summed E-state index contributed by atoms with van der Waals surface area (Å²) in [6.07, 6.45) is 2.47. The van der Waals surface area contributed by atoms with Gasteiger partial charge in [-0.25, -0.2) is 8.42 Å². The highest BCUT2D eigenvalue weighted by Crippen LogP contribution is 2.29. The number of nitrogens with zero attached hydrogens (tertiary/aromatic N) is 1. The van der Waals surface area contributed by atoms with Crippen molar-refractivity contribution in [3.8, 4) is 0 Å². The second-order valence-corrected chi connectivity index (χ2v) is 6.11. The Morgan fingerprint density at radius 2 is 2.13 bits per heavy atom. The predicted molar refractivity (Wildman–Crippen MR) is 60.7 cm³/mol. The molecule has 90 valence electrons. The van der Waals surface area contributed by atoms with Crippen LogP contribution in [0.4, 0.5) is 0 Å². The van der Waals surface area contributed by atoms with Crippen molar-refractivity contribution in [3.63, 3.8) is 0 Å². The van der Waals surface area contributed by atoms with E-state index in [4.69, 9.17) is 16.3 Å². The molecule has 0 aromatic carbocycles. The van der Waals surface area contributed by atoms with E-state index in [1.807, 2.05) is 0 Å². The number of halogens is 1. The summed E-state index contributed by atoms with van der Waals surface area (Å²) < 4.78 is 30.3. The van der Waals surface area contributed by atoms with E-state index < -0.39 is 10.0 Å². The van der Waals surface area contributed by atoms with Gasteiger partial charge in [-0.15, -0.1) is 11.6 Å². The van der Waals surface area contributed by atoms with Gasteiger partial charge in [0.15, 0.2) is 0 Å². The largest absolute Gasteiger partial charge is 0.383 e. The smallest absolute Gasteiger partial charge is 0.214 e. The molecule has 6 heteroatoms. The molecule has 0 aromatic heterocycles. The minimum absolute atomic E-state index is 0.150. The quantitative estimate of drug-likeness (QED) is 0.610. The van der Waals surface area contributed by atoms with Crippen LogP contribution in [0.25, 0.3) is 0 Å². The second kappa shape index (κ2) is 6.03. The van der Waals surface area contributed by atoms with Gasteiger partial charge in [-0.1, -0.05) is 0 Å². The topological polar surface area (TPSA) is 46.6 Å². The van der Waals surface area contributed by atoms with Gasteiger partial charge in [0.1, 0.15) is 0 Å². The fourth-order valence-electron chi connectivity index (χ4n) is 1.45. The molecule has 0 bridgehead atoms. The molecule has 0 aromatic rings. The maximum Gasteiger partial charge on any atom is 0.214 e. The van der Waals surface area contributed by atoms with E-state index in [0.717, 1.165) is 12.8 Å². The minimum atomic E-state index is -3.12. The van der Waals surface area contributed by atoms with Crippen LogP contribution in [-0.4, -0.2) is 50.7 Å². The SMILES string of the molecule is COCCN(C1CC1)S(=O)(=O)CCCCl. The first-order chi connectivity index (χ1) is 7.11. The zero-order chi connectivity index (χ0) is 11.3. The molecule has 1 saturated carbocycles. The molecule has 1 aliphatic rings. The van der Waals surface area contributed by atoms with Gasteiger partial charge in [0, 0.05) is 25.6 Å². The van der Waals surface area contributed by atoms with Gasteiger partial charge in [-0.3, -0.25) is 0 Å². The molecule has 0 heterocycles. The van der Waals surface area contributed by atoms with E-state index in [2.05, 4.69) is 0 Å². The van der Waals surface area contributed by atoms with Gasteiger partial charge in [0.05, 0.1) is 12.4 Å². The van der Waals surface area contributed by atoms with Gasteiger partial charge in [-0.2, -0.15) is 4.31 Å². The highest BCUT2D eigenvalue weighted by molar-refractivity contribution is 7.89. The molecule has 0 aliphatic heterocycles. The van der Waals surface area contributed by atoms with E-state index in [9.17, 15) is 8.42 Å².